The number of aryl methyl sites for hydroxylation is 1. The van der Waals surface area contributed by atoms with Gasteiger partial charge in [0.25, 0.3) is 0 Å². The van der Waals surface area contributed by atoms with Crippen molar-refractivity contribution < 1.29 is 23.9 Å². The zero-order valence-electron chi connectivity index (χ0n) is 17.0. The van der Waals surface area contributed by atoms with Crippen molar-refractivity contribution in [3.63, 3.8) is 0 Å². The summed E-state index contributed by atoms with van der Waals surface area (Å²) >= 11 is 7.23. The number of thiophene rings is 1. The van der Waals surface area contributed by atoms with E-state index in [-0.39, 0.29) is 37.1 Å². The fraction of sp³-hybridized carbons (Fsp3) is 0.409. The first-order chi connectivity index (χ1) is 14.4. The highest BCUT2D eigenvalue weighted by Gasteiger charge is 2.36. The quantitative estimate of drug-likeness (QED) is 0.617. The van der Waals surface area contributed by atoms with Gasteiger partial charge in [0, 0.05) is 9.90 Å². The molecule has 2 aromatic rings. The summed E-state index contributed by atoms with van der Waals surface area (Å²) in [6.45, 7) is 3.95. The van der Waals surface area contributed by atoms with Crippen molar-refractivity contribution in [2.75, 3.05) is 18.5 Å². The minimum atomic E-state index is -0.534. The van der Waals surface area contributed by atoms with Gasteiger partial charge in [0.15, 0.2) is 0 Å². The topological polar surface area (TPSA) is 81.7 Å². The Kier molecular flexibility index (Phi) is 7.50. The van der Waals surface area contributed by atoms with Crippen LogP contribution in [-0.2, 0) is 31.9 Å². The minimum Gasteiger partial charge on any atom is -0.466 e. The molecule has 3 rings (SSSR count). The SMILES string of the molecule is CCOC(=O)c1c(NC(=O)Cc2ccc(Cl)cc2)sc2c1C(C(=O)OCC)CCC2. The van der Waals surface area contributed by atoms with Crippen LogP contribution in [-0.4, -0.2) is 31.1 Å². The molecule has 8 heteroatoms. The van der Waals surface area contributed by atoms with Gasteiger partial charge in [-0.1, -0.05) is 23.7 Å². The van der Waals surface area contributed by atoms with E-state index in [9.17, 15) is 14.4 Å². The zero-order valence-corrected chi connectivity index (χ0v) is 18.5. The lowest BCUT2D eigenvalue weighted by Gasteiger charge is -2.22. The normalized spacial score (nSPS) is 15.2. The number of hydrogen-bond donors (Lipinski definition) is 1. The van der Waals surface area contributed by atoms with Crippen molar-refractivity contribution in [1.29, 1.82) is 0 Å². The first-order valence-corrected chi connectivity index (χ1v) is 11.2. The maximum Gasteiger partial charge on any atom is 0.341 e. The molecule has 0 fully saturated rings. The lowest BCUT2D eigenvalue weighted by molar-refractivity contribution is -0.145. The van der Waals surface area contributed by atoms with E-state index in [0.717, 1.165) is 23.3 Å². The third-order valence-electron chi connectivity index (χ3n) is 4.85. The molecule has 1 aliphatic carbocycles. The Morgan fingerprint density at radius 2 is 1.83 bits per heavy atom. The van der Waals surface area contributed by atoms with Crippen LogP contribution in [0, 0.1) is 0 Å². The zero-order chi connectivity index (χ0) is 21.7. The van der Waals surface area contributed by atoms with Gasteiger partial charge in [0.05, 0.1) is 31.1 Å². The summed E-state index contributed by atoms with van der Waals surface area (Å²) < 4.78 is 10.5. The van der Waals surface area contributed by atoms with Gasteiger partial charge in [-0.05, 0) is 56.4 Å². The number of halogens is 1. The molecule has 1 N–H and O–H groups in total. The fourth-order valence-corrected chi connectivity index (χ4v) is 5.02. The van der Waals surface area contributed by atoms with Crippen molar-refractivity contribution in [1.82, 2.24) is 0 Å². The number of amides is 1. The van der Waals surface area contributed by atoms with Gasteiger partial charge in [-0.2, -0.15) is 0 Å². The summed E-state index contributed by atoms with van der Waals surface area (Å²) in [4.78, 5) is 38.9. The predicted molar refractivity (Wildman–Crippen MR) is 116 cm³/mol. The molecule has 1 amide bonds. The molecule has 0 saturated heterocycles. The highest BCUT2D eigenvalue weighted by molar-refractivity contribution is 7.17. The van der Waals surface area contributed by atoms with Gasteiger partial charge in [-0.15, -0.1) is 11.3 Å². The molecule has 6 nitrogen and oxygen atoms in total. The molecule has 1 atom stereocenters. The van der Waals surface area contributed by atoms with Crippen molar-refractivity contribution in [3.8, 4) is 0 Å². The third kappa shape index (κ3) is 5.02. The number of carbonyl (C=O) groups is 3. The van der Waals surface area contributed by atoms with Crippen LogP contribution in [0.1, 0.15) is 59.0 Å². The average Bonchev–Trinajstić information content (AvgIpc) is 3.07. The molecule has 0 bridgehead atoms. The number of carbonyl (C=O) groups excluding carboxylic acids is 3. The first kappa shape index (κ1) is 22.3. The Bertz CT molecular complexity index is 938. The molecule has 0 aliphatic heterocycles. The maximum absolute atomic E-state index is 12.8. The lowest BCUT2D eigenvalue weighted by atomic mass is 9.85. The summed E-state index contributed by atoms with van der Waals surface area (Å²) in [5.41, 5.74) is 1.73. The van der Waals surface area contributed by atoms with Gasteiger partial charge in [-0.25, -0.2) is 4.79 Å². The molecular weight excluding hydrogens is 426 g/mol. The fourth-order valence-electron chi connectivity index (χ4n) is 3.59. The second kappa shape index (κ2) is 10.1. The number of benzene rings is 1. The van der Waals surface area contributed by atoms with Crippen molar-refractivity contribution >= 4 is 45.8 Å². The summed E-state index contributed by atoms with van der Waals surface area (Å²) in [7, 11) is 0. The van der Waals surface area contributed by atoms with Gasteiger partial charge in [0.1, 0.15) is 5.00 Å². The summed E-state index contributed by atoms with van der Waals surface area (Å²) in [6.07, 6.45) is 2.31. The standard InChI is InChI=1S/C22H24ClNO5S/c1-3-28-21(26)15-6-5-7-16-18(15)19(22(27)29-4-2)20(30-16)24-17(25)12-13-8-10-14(23)11-9-13/h8-11,15H,3-7,12H2,1-2H3,(H,24,25). The molecule has 0 spiro atoms. The molecule has 1 aliphatic rings. The van der Waals surface area contributed by atoms with Crippen LogP contribution >= 0.6 is 22.9 Å². The number of ether oxygens (including phenoxy) is 2. The average molecular weight is 450 g/mol. The Labute approximate surface area is 184 Å². The van der Waals surface area contributed by atoms with Crippen molar-refractivity contribution in [2.45, 2.75) is 45.4 Å². The Morgan fingerprint density at radius 1 is 1.13 bits per heavy atom. The monoisotopic (exact) mass is 449 g/mol. The highest BCUT2D eigenvalue weighted by Crippen LogP contribution is 2.44. The highest BCUT2D eigenvalue weighted by atomic mass is 35.5. The maximum atomic E-state index is 12.8. The van der Waals surface area contributed by atoms with Crippen LogP contribution in [0.15, 0.2) is 24.3 Å². The van der Waals surface area contributed by atoms with Crippen LogP contribution in [0.5, 0.6) is 0 Å². The first-order valence-electron chi connectivity index (χ1n) is 9.98. The van der Waals surface area contributed by atoms with Crippen LogP contribution in [0.3, 0.4) is 0 Å². The van der Waals surface area contributed by atoms with E-state index in [2.05, 4.69) is 5.32 Å². The number of esters is 2. The number of rotatable bonds is 7. The summed E-state index contributed by atoms with van der Waals surface area (Å²) in [6, 6.07) is 7.01. The molecule has 0 saturated carbocycles. The largest absolute Gasteiger partial charge is 0.466 e. The molecule has 1 aromatic heterocycles. The van der Waals surface area contributed by atoms with E-state index in [1.807, 2.05) is 0 Å². The second-order valence-electron chi connectivity index (χ2n) is 6.91. The number of hydrogen-bond acceptors (Lipinski definition) is 6. The van der Waals surface area contributed by atoms with E-state index < -0.39 is 11.9 Å². The van der Waals surface area contributed by atoms with Crippen LogP contribution in [0.4, 0.5) is 5.00 Å². The minimum absolute atomic E-state index is 0.142. The smallest absolute Gasteiger partial charge is 0.341 e. The number of fused-ring (bicyclic) bond motifs is 1. The Morgan fingerprint density at radius 3 is 2.50 bits per heavy atom. The molecule has 160 valence electrons. The lowest BCUT2D eigenvalue weighted by Crippen LogP contribution is -2.23. The molecule has 1 unspecified atom stereocenters. The molecule has 30 heavy (non-hydrogen) atoms. The van der Waals surface area contributed by atoms with E-state index in [1.54, 1.807) is 38.1 Å². The van der Waals surface area contributed by atoms with E-state index in [0.29, 0.717) is 22.0 Å². The molecule has 1 heterocycles. The Balaban J connectivity index is 1.92. The Hall–Kier alpha value is -2.38. The van der Waals surface area contributed by atoms with Gasteiger partial charge in [0.2, 0.25) is 5.91 Å². The molecule has 1 aromatic carbocycles. The van der Waals surface area contributed by atoms with E-state index in [4.69, 9.17) is 21.1 Å². The summed E-state index contributed by atoms with van der Waals surface area (Å²) in [5, 5.41) is 3.88. The van der Waals surface area contributed by atoms with Gasteiger partial charge < -0.3 is 14.8 Å². The van der Waals surface area contributed by atoms with E-state index in [1.165, 1.54) is 11.3 Å². The molecule has 0 radical (unpaired) electrons. The summed E-state index contributed by atoms with van der Waals surface area (Å²) in [5.74, 6) is -1.66. The number of nitrogens with one attached hydrogen (secondary N) is 1. The van der Waals surface area contributed by atoms with Crippen molar-refractivity contribution in [2.24, 2.45) is 0 Å². The van der Waals surface area contributed by atoms with Crippen molar-refractivity contribution in [3.05, 3.63) is 50.9 Å². The van der Waals surface area contributed by atoms with Crippen LogP contribution in [0.2, 0.25) is 5.02 Å². The van der Waals surface area contributed by atoms with E-state index >= 15 is 0 Å². The van der Waals surface area contributed by atoms with Crippen LogP contribution in [0.25, 0.3) is 0 Å². The van der Waals surface area contributed by atoms with Gasteiger partial charge in [-0.3, -0.25) is 9.59 Å². The molecular formula is C22H24ClNO5S. The van der Waals surface area contributed by atoms with Gasteiger partial charge >= 0.3 is 11.9 Å². The number of anilines is 1. The third-order valence-corrected chi connectivity index (χ3v) is 6.28. The second-order valence-corrected chi connectivity index (χ2v) is 8.45. The van der Waals surface area contributed by atoms with Crippen LogP contribution < -0.4 is 5.32 Å². The predicted octanol–water partition coefficient (Wildman–Crippen LogP) is 4.74.